The fourth-order valence-electron chi connectivity index (χ4n) is 2.20. The maximum absolute atomic E-state index is 12.5. The van der Waals surface area contributed by atoms with Crippen molar-refractivity contribution in [3.8, 4) is 6.07 Å². The quantitative estimate of drug-likeness (QED) is 0.539. The maximum atomic E-state index is 12.5. The predicted molar refractivity (Wildman–Crippen MR) is 84.4 cm³/mol. The lowest BCUT2D eigenvalue weighted by molar-refractivity contribution is -0.146. The van der Waals surface area contributed by atoms with E-state index >= 15 is 0 Å². The van der Waals surface area contributed by atoms with Gasteiger partial charge in [0.2, 0.25) is 0 Å². The summed E-state index contributed by atoms with van der Waals surface area (Å²) in [5.41, 5.74) is -0.942. The highest BCUT2D eigenvalue weighted by Crippen LogP contribution is 2.30. The Morgan fingerprint density at radius 1 is 1.27 bits per heavy atom. The summed E-state index contributed by atoms with van der Waals surface area (Å²) in [6.07, 6.45) is -4.74. The predicted octanol–water partition coefficient (Wildman–Crippen LogP) is 2.48. The van der Waals surface area contributed by atoms with Gasteiger partial charge >= 0.3 is 12.1 Å². The van der Waals surface area contributed by atoms with Crippen molar-refractivity contribution in [2.45, 2.75) is 44.0 Å². The zero-order chi connectivity index (χ0) is 19.7. The van der Waals surface area contributed by atoms with Crippen molar-refractivity contribution >= 4 is 11.9 Å². The topological polar surface area (TPSA) is 99.4 Å². The van der Waals surface area contributed by atoms with Gasteiger partial charge in [-0.15, -0.1) is 0 Å². The van der Waals surface area contributed by atoms with Crippen molar-refractivity contribution in [3.05, 3.63) is 35.4 Å². The molecule has 9 heteroatoms. The summed E-state index contributed by atoms with van der Waals surface area (Å²) < 4.78 is 42.2. The average molecular weight is 372 g/mol. The average Bonchev–Trinajstić information content (AvgIpc) is 2.62. The van der Waals surface area contributed by atoms with Gasteiger partial charge in [-0.1, -0.05) is 12.1 Å². The van der Waals surface area contributed by atoms with Crippen LogP contribution in [0.25, 0.3) is 0 Å². The third-order valence-corrected chi connectivity index (χ3v) is 3.64. The Labute approximate surface area is 148 Å². The lowest BCUT2D eigenvalue weighted by Gasteiger charge is -2.19. The number of esters is 1. The van der Waals surface area contributed by atoms with E-state index in [1.165, 1.54) is 0 Å². The molecule has 0 aliphatic heterocycles. The molecular weight excluding hydrogens is 353 g/mol. The number of hydrogen-bond donors (Lipinski definition) is 2. The summed E-state index contributed by atoms with van der Waals surface area (Å²) in [5.74, 6) is -1.64. The first kappa shape index (κ1) is 21.4. The Bertz CT molecular complexity index is 653. The highest BCUT2D eigenvalue weighted by molar-refractivity contribution is 5.87. The third kappa shape index (κ3) is 6.37. The number of methoxy groups -OCH3 is 1. The summed E-state index contributed by atoms with van der Waals surface area (Å²) in [6.45, 7) is 0. The molecule has 0 fully saturated rings. The van der Waals surface area contributed by atoms with Crippen LogP contribution in [-0.2, 0) is 20.5 Å². The number of nitrogens with one attached hydrogen (secondary N) is 1. The molecule has 2 atom stereocenters. The Hall–Kier alpha value is -2.60. The van der Waals surface area contributed by atoms with E-state index in [0.29, 0.717) is 19.3 Å². The van der Waals surface area contributed by atoms with Crippen molar-refractivity contribution < 1.29 is 32.6 Å². The molecule has 2 N–H and O–H groups in total. The van der Waals surface area contributed by atoms with Crippen LogP contribution < -0.4 is 5.32 Å². The van der Waals surface area contributed by atoms with Crippen molar-refractivity contribution in [2.24, 2.45) is 0 Å². The van der Waals surface area contributed by atoms with Gasteiger partial charge < -0.3 is 15.2 Å². The van der Waals surface area contributed by atoms with Gasteiger partial charge in [0.1, 0.15) is 6.04 Å². The minimum atomic E-state index is -4.52. The van der Waals surface area contributed by atoms with Crippen molar-refractivity contribution in [1.82, 2.24) is 5.32 Å². The number of aliphatic hydroxyl groups excluding tert-OH is 1. The number of nitrogens with zero attached hydrogens (tertiary/aromatic N) is 1. The lowest BCUT2D eigenvalue weighted by atomic mass is 10.0. The number of rotatable bonds is 8. The molecule has 0 aliphatic carbocycles. The van der Waals surface area contributed by atoms with Crippen molar-refractivity contribution in [2.75, 3.05) is 7.11 Å². The van der Waals surface area contributed by atoms with Gasteiger partial charge in [-0.3, -0.25) is 4.79 Å². The van der Waals surface area contributed by atoms with E-state index in [4.69, 9.17) is 5.26 Å². The van der Waals surface area contributed by atoms with Crippen LogP contribution in [-0.4, -0.2) is 30.1 Å². The Morgan fingerprint density at radius 3 is 2.38 bits per heavy atom. The molecule has 0 saturated carbocycles. The van der Waals surface area contributed by atoms with Gasteiger partial charge in [-0.25, -0.2) is 4.79 Å². The normalized spacial score (nSPS) is 13.4. The van der Waals surface area contributed by atoms with Crippen LogP contribution in [0.15, 0.2) is 24.3 Å². The van der Waals surface area contributed by atoms with Crippen LogP contribution in [0.5, 0.6) is 0 Å². The fraction of sp³-hybridized carbons (Fsp3) is 0.471. The van der Waals surface area contributed by atoms with Crippen LogP contribution in [0.4, 0.5) is 13.2 Å². The zero-order valence-electron chi connectivity index (χ0n) is 14.0. The van der Waals surface area contributed by atoms with Crippen molar-refractivity contribution in [3.63, 3.8) is 0 Å². The highest BCUT2D eigenvalue weighted by atomic mass is 19.4. The molecule has 1 rings (SSSR count). The molecule has 1 amide bonds. The first-order chi connectivity index (χ1) is 12.2. The van der Waals surface area contributed by atoms with E-state index in [2.05, 4.69) is 10.1 Å². The zero-order valence-corrected chi connectivity index (χ0v) is 14.0. The smallest absolute Gasteiger partial charge is 0.416 e. The van der Waals surface area contributed by atoms with E-state index in [9.17, 15) is 27.9 Å². The number of halogens is 3. The molecule has 0 heterocycles. The third-order valence-electron chi connectivity index (χ3n) is 3.64. The number of amides is 1. The number of aliphatic hydroxyl groups is 1. The van der Waals surface area contributed by atoms with E-state index in [1.807, 2.05) is 6.07 Å². The second kappa shape index (κ2) is 9.77. The maximum Gasteiger partial charge on any atom is 0.416 e. The summed E-state index contributed by atoms with van der Waals surface area (Å²) >= 11 is 0. The first-order valence-corrected chi connectivity index (χ1v) is 7.81. The number of carbonyl (C=O) groups is 2. The monoisotopic (exact) mass is 372 g/mol. The standard InChI is InChI=1S/C17H19F3N2O4/c1-26-16(25)13(5-3-2-4-10-21)22-15(24)14(23)11-6-8-12(9-7-11)17(18,19)20/h6-9,13-14,23H,2-5H2,1H3,(H,22,24)/t13-,14+/m0/s1. The Balaban J connectivity index is 2.75. The SMILES string of the molecule is COC(=O)[C@H](CCCCC#N)NC(=O)[C@H](O)c1ccc(C(F)(F)F)cc1. The molecular formula is C17H19F3N2O4. The largest absolute Gasteiger partial charge is 0.467 e. The molecule has 1 aromatic rings. The van der Waals surface area contributed by atoms with Crippen molar-refractivity contribution in [1.29, 1.82) is 5.26 Å². The number of unbranched alkanes of at least 4 members (excludes halogenated alkanes) is 2. The molecule has 0 spiro atoms. The lowest BCUT2D eigenvalue weighted by Crippen LogP contribution is -2.43. The van der Waals surface area contributed by atoms with E-state index in [0.717, 1.165) is 31.4 Å². The van der Waals surface area contributed by atoms with Crippen LogP contribution in [0.2, 0.25) is 0 Å². The molecule has 1 aromatic carbocycles. The second-order valence-electron chi connectivity index (χ2n) is 5.51. The number of carbonyl (C=O) groups excluding carboxylic acids is 2. The molecule has 26 heavy (non-hydrogen) atoms. The van der Waals surface area contributed by atoms with E-state index < -0.39 is 35.8 Å². The minimum Gasteiger partial charge on any atom is -0.467 e. The summed E-state index contributed by atoms with van der Waals surface area (Å²) in [4.78, 5) is 23.8. The highest BCUT2D eigenvalue weighted by Gasteiger charge is 2.31. The Morgan fingerprint density at radius 2 is 1.88 bits per heavy atom. The molecule has 142 valence electrons. The summed E-state index contributed by atoms with van der Waals surface area (Å²) in [5, 5.41) is 20.8. The number of ether oxygens (including phenoxy) is 1. The van der Waals surface area contributed by atoms with Gasteiger partial charge in [0, 0.05) is 6.42 Å². The van der Waals surface area contributed by atoms with Crippen LogP contribution in [0, 0.1) is 11.3 Å². The number of alkyl halides is 3. The van der Waals surface area contributed by atoms with Gasteiger partial charge in [0.25, 0.3) is 5.91 Å². The van der Waals surface area contributed by atoms with Crippen LogP contribution in [0.1, 0.15) is 42.9 Å². The van der Waals surface area contributed by atoms with Gasteiger partial charge in [0.15, 0.2) is 6.10 Å². The van der Waals surface area contributed by atoms with Gasteiger partial charge in [0.05, 0.1) is 18.7 Å². The molecule has 0 saturated heterocycles. The summed E-state index contributed by atoms with van der Waals surface area (Å²) in [6, 6.07) is 4.44. The molecule has 0 bridgehead atoms. The van der Waals surface area contributed by atoms with Gasteiger partial charge in [-0.2, -0.15) is 18.4 Å². The van der Waals surface area contributed by atoms with Crippen LogP contribution in [0.3, 0.4) is 0 Å². The number of benzene rings is 1. The minimum absolute atomic E-state index is 0.0383. The van der Waals surface area contributed by atoms with Crippen LogP contribution >= 0.6 is 0 Å². The van der Waals surface area contributed by atoms with E-state index in [-0.39, 0.29) is 12.0 Å². The molecule has 0 unspecified atom stereocenters. The van der Waals surface area contributed by atoms with E-state index in [1.54, 1.807) is 0 Å². The molecule has 0 aromatic heterocycles. The molecule has 0 radical (unpaired) electrons. The first-order valence-electron chi connectivity index (χ1n) is 7.81. The molecule has 6 nitrogen and oxygen atoms in total. The Kier molecular flexibility index (Phi) is 8.06. The number of nitriles is 1. The summed E-state index contributed by atoms with van der Waals surface area (Å²) in [7, 11) is 1.14. The fourth-order valence-corrected chi connectivity index (χ4v) is 2.20. The second-order valence-corrected chi connectivity index (χ2v) is 5.51. The number of hydrogen-bond acceptors (Lipinski definition) is 5. The van der Waals surface area contributed by atoms with Gasteiger partial charge in [-0.05, 0) is 37.0 Å². The molecule has 0 aliphatic rings.